The molecule has 0 spiro atoms. The molecule has 0 radical (unpaired) electrons. The molecule has 3 aromatic rings. The van der Waals surface area contributed by atoms with E-state index in [1.165, 1.54) is 5.56 Å². The minimum absolute atomic E-state index is 0.684. The highest BCUT2D eigenvalue weighted by Crippen LogP contribution is 2.20. The lowest BCUT2D eigenvalue weighted by molar-refractivity contribution is 0.802. The lowest BCUT2D eigenvalue weighted by Crippen LogP contribution is -1.96. The second kappa shape index (κ2) is 5.41. The van der Waals surface area contributed by atoms with Gasteiger partial charge in [0, 0.05) is 31.3 Å². The maximum atomic E-state index is 8.81. The molecule has 0 N–H and O–H groups in total. The van der Waals surface area contributed by atoms with Crippen LogP contribution < -0.4 is 0 Å². The highest BCUT2D eigenvalue weighted by Gasteiger charge is 2.01. The van der Waals surface area contributed by atoms with E-state index < -0.39 is 0 Å². The molecule has 96 valence electrons. The Bertz CT molecular complexity index is 734. The summed E-state index contributed by atoms with van der Waals surface area (Å²) in [6, 6.07) is 15.9. The van der Waals surface area contributed by atoms with E-state index in [1.807, 2.05) is 36.5 Å². The summed E-state index contributed by atoms with van der Waals surface area (Å²) in [6.07, 6.45) is 7.82. The molecular formula is C17H13N3. The monoisotopic (exact) mass is 259 g/mol. The van der Waals surface area contributed by atoms with Crippen molar-refractivity contribution in [2.75, 3.05) is 0 Å². The second-order valence-corrected chi connectivity index (χ2v) is 4.62. The number of benzene rings is 1. The van der Waals surface area contributed by atoms with Gasteiger partial charge in [-0.1, -0.05) is 18.2 Å². The molecule has 0 amide bonds. The van der Waals surface area contributed by atoms with Crippen molar-refractivity contribution in [3.63, 3.8) is 0 Å². The molecule has 0 aliphatic rings. The first-order valence-electron chi connectivity index (χ1n) is 6.40. The third-order valence-electron chi connectivity index (χ3n) is 3.19. The first-order valence-corrected chi connectivity index (χ1v) is 6.40. The average molecular weight is 259 g/mol. The summed E-state index contributed by atoms with van der Waals surface area (Å²) in [4.78, 5) is 4.12. The van der Waals surface area contributed by atoms with E-state index in [0.717, 1.165) is 17.7 Å². The minimum atomic E-state index is 0.684. The fraction of sp³-hybridized carbons (Fsp3) is 0.0588. The Morgan fingerprint density at radius 1 is 1.05 bits per heavy atom. The predicted octanol–water partition coefficient (Wildman–Crippen LogP) is 3.47. The first kappa shape index (κ1) is 12.2. The molecular weight excluding hydrogens is 246 g/mol. The number of rotatable bonds is 3. The number of nitrogens with zero attached hydrogens (tertiary/aromatic N) is 3. The standard InChI is InChI=1S/C17H13N3/c18-10-14-3-5-16(6-4-14)17-7-9-20(13-17)12-15-2-1-8-19-11-15/h1-9,11,13H,12H2. The van der Waals surface area contributed by atoms with E-state index in [-0.39, 0.29) is 0 Å². The summed E-state index contributed by atoms with van der Waals surface area (Å²) in [7, 11) is 0. The Morgan fingerprint density at radius 3 is 2.60 bits per heavy atom. The smallest absolute Gasteiger partial charge is 0.0991 e. The Balaban J connectivity index is 1.81. The molecule has 0 atom stereocenters. The molecule has 2 aromatic heterocycles. The van der Waals surface area contributed by atoms with Gasteiger partial charge in [-0.05, 0) is 41.0 Å². The van der Waals surface area contributed by atoms with Crippen molar-refractivity contribution in [3.05, 3.63) is 78.4 Å². The van der Waals surface area contributed by atoms with Gasteiger partial charge in [0.2, 0.25) is 0 Å². The molecule has 0 bridgehead atoms. The highest BCUT2D eigenvalue weighted by molar-refractivity contribution is 5.63. The lowest BCUT2D eigenvalue weighted by atomic mass is 10.1. The van der Waals surface area contributed by atoms with Crippen LogP contribution in [-0.4, -0.2) is 9.55 Å². The zero-order valence-electron chi connectivity index (χ0n) is 10.9. The van der Waals surface area contributed by atoms with Gasteiger partial charge in [0.25, 0.3) is 0 Å². The van der Waals surface area contributed by atoms with Crippen LogP contribution in [0.3, 0.4) is 0 Å². The predicted molar refractivity (Wildman–Crippen MR) is 77.9 cm³/mol. The molecule has 20 heavy (non-hydrogen) atoms. The van der Waals surface area contributed by atoms with Gasteiger partial charge in [-0.2, -0.15) is 5.26 Å². The normalized spacial score (nSPS) is 10.2. The third kappa shape index (κ3) is 2.60. The van der Waals surface area contributed by atoms with Crippen LogP contribution in [0, 0.1) is 11.3 Å². The van der Waals surface area contributed by atoms with Crippen LogP contribution in [0.4, 0.5) is 0 Å². The van der Waals surface area contributed by atoms with Gasteiger partial charge < -0.3 is 4.57 Å². The Morgan fingerprint density at radius 2 is 1.90 bits per heavy atom. The van der Waals surface area contributed by atoms with Crippen molar-refractivity contribution in [2.45, 2.75) is 6.54 Å². The van der Waals surface area contributed by atoms with Gasteiger partial charge in [0.1, 0.15) is 0 Å². The van der Waals surface area contributed by atoms with Crippen molar-refractivity contribution in [1.29, 1.82) is 5.26 Å². The van der Waals surface area contributed by atoms with Crippen LogP contribution >= 0.6 is 0 Å². The molecule has 3 rings (SSSR count). The number of hydrogen-bond acceptors (Lipinski definition) is 2. The third-order valence-corrected chi connectivity index (χ3v) is 3.19. The van der Waals surface area contributed by atoms with Gasteiger partial charge in [0.05, 0.1) is 11.6 Å². The summed E-state index contributed by atoms with van der Waals surface area (Å²) in [5.41, 5.74) is 4.13. The van der Waals surface area contributed by atoms with Crippen LogP contribution in [0.2, 0.25) is 0 Å². The van der Waals surface area contributed by atoms with E-state index >= 15 is 0 Å². The molecule has 2 heterocycles. The molecule has 1 aromatic carbocycles. The largest absolute Gasteiger partial charge is 0.349 e. The minimum Gasteiger partial charge on any atom is -0.349 e. The van der Waals surface area contributed by atoms with Crippen molar-refractivity contribution in [3.8, 4) is 17.2 Å². The fourth-order valence-electron chi connectivity index (χ4n) is 2.15. The molecule has 0 aliphatic carbocycles. The van der Waals surface area contributed by atoms with E-state index in [2.05, 4.69) is 40.1 Å². The molecule has 0 saturated carbocycles. The molecule has 0 aliphatic heterocycles. The van der Waals surface area contributed by atoms with Crippen LogP contribution in [0.15, 0.2) is 67.3 Å². The Kier molecular flexibility index (Phi) is 3.30. The van der Waals surface area contributed by atoms with Gasteiger partial charge in [-0.3, -0.25) is 4.98 Å². The highest BCUT2D eigenvalue weighted by atomic mass is 14.9. The van der Waals surface area contributed by atoms with Gasteiger partial charge in [-0.15, -0.1) is 0 Å². The van der Waals surface area contributed by atoms with Gasteiger partial charge >= 0.3 is 0 Å². The van der Waals surface area contributed by atoms with Gasteiger partial charge in [-0.25, -0.2) is 0 Å². The van der Waals surface area contributed by atoms with E-state index in [9.17, 15) is 0 Å². The molecule has 0 fully saturated rings. The van der Waals surface area contributed by atoms with Crippen molar-refractivity contribution >= 4 is 0 Å². The summed E-state index contributed by atoms with van der Waals surface area (Å²) in [5, 5.41) is 8.81. The first-order chi connectivity index (χ1) is 9.85. The Hall–Kier alpha value is -2.86. The fourth-order valence-corrected chi connectivity index (χ4v) is 2.15. The summed E-state index contributed by atoms with van der Waals surface area (Å²) < 4.78 is 2.13. The van der Waals surface area contributed by atoms with E-state index in [4.69, 9.17) is 5.26 Å². The quantitative estimate of drug-likeness (QED) is 0.722. The average Bonchev–Trinajstić information content (AvgIpc) is 2.97. The summed E-state index contributed by atoms with van der Waals surface area (Å²) in [6.45, 7) is 0.810. The van der Waals surface area contributed by atoms with Crippen molar-refractivity contribution < 1.29 is 0 Å². The number of hydrogen-bond donors (Lipinski definition) is 0. The van der Waals surface area contributed by atoms with Crippen LogP contribution in [0.5, 0.6) is 0 Å². The summed E-state index contributed by atoms with van der Waals surface area (Å²) >= 11 is 0. The topological polar surface area (TPSA) is 41.6 Å². The van der Waals surface area contributed by atoms with E-state index in [0.29, 0.717) is 5.56 Å². The van der Waals surface area contributed by atoms with E-state index in [1.54, 1.807) is 6.20 Å². The van der Waals surface area contributed by atoms with Crippen LogP contribution in [0.25, 0.3) is 11.1 Å². The molecule has 3 heteroatoms. The SMILES string of the molecule is N#Cc1ccc(-c2ccn(Cc3cccnc3)c2)cc1. The van der Waals surface area contributed by atoms with Crippen LogP contribution in [0.1, 0.15) is 11.1 Å². The zero-order chi connectivity index (χ0) is 13.8. The van der Waals surface area contributed by atoms with Gasteiger partial charge in [0.15, 0.2) is 0 Å². The molecule has 0 unspecified atom stereocenters. The zero-order valence-corrected chi connectivity index (χ0v) is 10.9. The molecule has 0 saturated heterocycles. The maximum absolute atomic E-state index is 8.81. The number of nitriles is 1. The van der Waals surface area contributed by atoms with Crippen molar-refractivity contribution in [1.82, 2.24) is 9.55 Å². The molecule has 3 nitrogen and oxygen atoms in total. The number of aromatic nitrogens is 2. The number of pyridine rings is 1. The maximum Gasteiger partial charge on any atom is 0.0991 e. The second-order valence-electron chi connectivity index (χ2n) is 4.62. The Labute approximate surface area is 117 Å². The van der Waals surface area contributed by atoms with Crippen molar-refractivity contribution in [2.24, 2.45) is 0 Å². The van der Waals surface area contributed by atoms with Crippen LogP contribution in [-0.2, 0) is 6.54 Å². The lowest BCUT2D eigenvalue weighted by Gasteiger charge is -2.02. The summed E-state index contributed by atoms with van der Waals surface area (Å²) in [5.74, 6) is 0.